The molecule has 3 heteroatoms. The van der Waals surface area contributed by atoms with Gasteiger partial charge in [0, 0.05) is 18.3 Å². The standard InChI is InChI=1S/C15H23FN2/c1-11(12-8-13(16)10-17-9-12)18-14-6-4-5-7-15(14,2)3/h8-11,14,18H,4-7H2,1-3H3. The van der Waals surface area contributed by atoms with Crippen LogP contribution in [0.3, 0.4) is 0 Å². The van der Waals surface area contributed by atoms with E-state index in [4.69, 9.17) is 0 Å². The lowest BCUT2D eigenvalue weighted by Gasteiger charge is -2.40. The van der Waals surface area contributed by atoms with Crippen molar-refractivity contribution in [3.05, 3.63) is 29.8 Å². The van der Waals surface area contributed by atoms with E-state index in [1.54, 1.807) is 12.3 Å². The number of aromatic nitrogens is 1. The van der Waals surface area contributed by atoms with Gasteiger partial charge in [0.1, 0.15) is 5.82 Å². The second kappa shape index (κ2) is 5.35. The van der Waals surface area contributed by atoms with Crippen LogP contribution in [0.4, 0.5) is 4.39 Å². The van der Waals surface area contributed by atoms with Crippen LogP contribution in [0.2, 0.25) is 0 Å². The molecule has 1 aliphatic carbocycles. The highest BCUT2D eigenvalue weighted by Gasteiger charge is 2.32. The highest BCUT2D eigenvalue weighted by Crippen LogP contribution is 2.36. The van der Waals surface area contributed by atoms with Gasteiger partial charge >= 0.3 is 0 Å². The van der Waals surface area contributed by atoms with E-state index in [9.17, 15) is 4.39 Å². The fourth-order valence-electron chi connectivity index (χ4n) is 2.87. The van der Waals surface area contributed by atoms with Gasteiger partial charge in [0.15, 0.2) is 0 Å². The van der Waals surface area contributed by atoms with Crippen molar-refractivity contribution in [2.24, 2.45) is 5.41 Å². The van der Waals surface area contributed by atoms with Crippen molar-refractivity contribution in [3.8, 4) is 0 Å². The monoisotopic (exact) mass is 250 g/mol. The summed E-state index contributed by atoms with van der Waals surface area (Å²) in [7, 11) is 0. The van der Waals surface area contributed by atoms with Gasteiger partial charge in [-0.25, -0.2) is 4.39 Å². The van der Waals surface area contributed by atoms with Crippen LogP contribution < -0.4 is 5.32 Å². The van der Waals surface area contributed by atoms with E-state index in [2.05, 4.69) is 31.1 Å². The Hall–Kier alpha value is -0.960. The number of rotatable bonds is 3. The van der Waals surface area contributed by atoms with E-state index < -0.39 is 0 Å². The first-order chi connectivity index (χ1) is 8.49. The Morgan fingerprint density at radius 1 is 1.39 bits per heavy atom. The molecule has 2 rings (SSSR count). The van der Waals surface area contributed by atoms with E-state index in [1.807, 2.05) is 0 Å². The van der Waals surface area contributed by atoms with Gasteiger partial charge in [-0.2, -0.15) is 0 Å². The molecule has 0 aromatic carbocycles. The molecule has 1 saturated carbocycles. The summed E-state index contributed by atoms with van der Waals surface area (Å²) in [5.74, 6) is -0.260. The molecular formula is C15H23FN2. The van der Waals surface area contributed by atoms with Crippen LogP contribution in [-0.2, 0) is 0 Å². The molecule has 0 aliphatic heterocycles. The Morgan fingerprint density at radius 3 is 2.83 bits per heavy atom. The Kier molecular flexibility index (Phi) is 4.00. The second-order valence-corrected chi connectivity index (χ2v) is 6.11. The van der Waals surface area contributed by atoms with E-state index in [1.165, 1.54) is 31.9 Å². The van der Waals surface area contributed by atoms with Gasteiger partial charge in [0.2, 0.25) is 0 Å². The summed E-state index contributed by atoms with van der Waals surface area (Å²) in [5, 5.41) is 3.65. The molecule has 0 saturated heterocycles. The van der Waals surface area contributed by atoms with Crippen LogP contribution >= 0.6 is 0 Å². The van der Waals surface area contributed by atoms with E-state index in [0.717, 1.165) is 5.56 Å². The fourth-order valence-corrected chi connectivity index (χ4v) is 2.87. The molecule has 2 unspecified atom stereocenters. The van der Waals surface area contributed by atoms with Crippen LogP contribution in [0.1, 0.15) is 58.1 Å². The molecule has 1 heterocycles. The average Bonchev–Trinajstić information content (AvgIpc) is 2.31. The molecule has 100 valence electrons. The molecule has 1 aromatic heterocycles. The highest BCUT2D eigenvalue weighted by atomic mass is 19.1. The van der Waals surface area contributed by atoms with E-state index >= 15 is 0 Å². The van der Waals surface area contributed by atoms with Crippen molar-refractivity contribution < 1.29 is 4.39 Å². The van der Waals surface area contributed by atoms with Crippen LogP contribution in [0.5, 0.6) is 0 Å². The third-order valence-electron chi connectivity index (χ3n) is 4.18. The summed E-state index contributed by atoms with van der Waals surface area (Å²) >= 11 is 0. The van der Waals surface area contributed by atoms with Crippen molar-refractivity contribution in [2.75, 3.05) is 0 Å². The van der Waals surface area contributed by atoms with Gasteiger partial charge < -0.3 is 5.32 Å². The number of halogens is 1. The summed E-state index contributed by atoms with van der Waals surface area (Å²) in [4.78, 5) is 3.92. The maximum absolute atomic E-state index is 13.2. The Labute approximate surface area is 109 Å². The molecule has 18 heavy (non-hydrogen) atoms. The normalized spacial score (nSPS) is 24.8. The zero-order valence-corrected chi connectivity index (χ0v) is 11.5. The Morgan fingerprint density at radius 2 is 2.17 bits per heavy atom. The molecule has 0 bridgehead atoms. The largest absolute Gasteiger partial charge is 0.307 e. The zero-order valence-electron chi connectivity index (χ0n) is 11.5. The van der Waals surface area contributed by atoms with Crippen molar-refractivity contribution >= 4 is 0 Å². The van der Waals surface area contributed by atoms with Gasteiger partial charge in [-0.1, -0.05) is 26.7 Å². The van der Waals surface area contributed by atoms with Crippen LogP contribution in [0.25, 0.3) is 0 Å². The second-order valence-electron chi connectivity index (χ2n) is 6.11. The van der Waals surface area contributed by atoms with Crippen LogP contribution in [0.15, 0.2) is 18.5 Å². The first-order valence-corrected chi connectivity index (χ1v) is 6.85. The summed E-state index contributed by atoms with van der Waals surface area (Å²) in [6.45, 7) is 6.72. The Balaban J connectivity index is 2.04. The third kappa shape index (κ3) is 3.08. The molecule has 1 N–H and O–H groups in total. The predicted octanol–water partition coefficient (Wildman–Crippen LogP) is 3.84. The van der Waals surface area contributed by atoms with Crippen molar-refractivity contribution in [1.29, 1.82) is 0 Å². The molecule has 0 amide bonds. The van der Waals surface area contributed by atoms with Crippen molar-refractivity contribution in [1.82, 2.24) is 10.3 Å². The molecule has 1 aliphatic rings. The summed E-state index contributed by atoms with van der Waals surface area (Å²) < 4.78 is 13.2. The number of hydrogen-bond donors (Lipinski definition) is 1. The van der Waals surface area contributed by atoms with Crippen molar-refractivity contribution in [3.63, 3.8) is 0 Å². The number of nitrogens with one attached hydrogen (secondary N) is 1. The molecule has 2 nitrogen and oxygen atoms in total. The molecule has 0 spiro atoms. The Bertz CT molecular complexity index is 403. The molecule has 1 aromatic rings. The van der Waals surface area contributed by atoms with Gasteiger partial charge in [-0.3, -0.25) is 4.98 Å². The maximum Gasteiger partial charge on any atom is 0.141 e. The molecule has 2 atom stereocenters. The minimum atomic E-state index is -0.260. The van der Waals surface area contributed by atoms with Gasteiger partial charge in [0.05, 0.1) is 6.20 Å². The lowest BCUT2D eigenvalue weighted by atomic mass is 9.73. The quantitative estimate of drug-likeness (QED) is 0.881. The van der Waals surface area contributed by atoms with Crippen molar-refractivity contribution in [2.45, 2.75) is 58.5 Å². The zero-order chi connectivity index (χ0) is 13.2. The SMILES string of the molecule is CC(NC1CCCCC1(C)C)c1cncc(F)c1. The topological polar surface area (TPSA) is 24.9 Å². The minimum Gasteiger partial charge on any atom is -0.307 e. The average molecular weight is 250 g/mol. The number of hydrogen-bond acceptors (Lipinski definition) is 2. The van der Waals surface area contributed by atoms with Crippen LogP contribution in [-0.4, -0.2) is 11.0 Å². The molecule has 1 fully saturated rings. The first kappa shape index (κ1) is 13.5. The van der Waals surface area contributed by atoms with Gasteiger partial charge in [0.25, 0.3) is 0 Å². The fraction of sp³-hybridized carbons (Fsp3) is 0.667. The lowest BCUT2D eigenvalue weighted by Crippen LogP contribution is -2.45. The summed E-state index contributed by atoms with van der Waals surface area (Å²) in [6, 6.07) is 2.22. The summed E-state index contributed by atoms with van der Waals surface area (Å²) in [5.41, 5.74) is 1.25. The first-order valence-electron chi connectivity index (χ1n) is 6.85. The molecule has 0 radical (unpaired) electrons. The summed E-state index contributed by atoms with van der Waals surface area (Å²) in [6.07, 6.45) is 8.08. The molecular weight excluding hydrogens is 227 g/mol. The number of nitrogens with zero attached hydrogens (tertiary/aromatic N) is 1. The smallest absolute Gasteiger partial charge is 0.141 e. The maximum atomic E-state index is 13.2. The number of pyridine rings is 1. The van der Waals surface area contributed by atoms with Crippen LogP contribution in [0, 0.1) is 11.2 Å². The highest BCUT2D eigenvalue weighted by molar-refractivity contribution is 5.14. The van der Waals surface area contributed by atoms with E-state index in [-0.39, 0.29) is 11.9 Å². The van der Waals surface area contributed by atoms with Gasteiger partial charge in [-0.15, -0.1) is 0 Å². The third-order valence-corrected chi connectivity index (χ3v) is 4.18. The van der Waals surface area contributed by atoms with Gasteiger partial charge in [-0.05, 0) is 36.8 Å². The minimum absolute atomic E-state index is 0.149. The van der Waals surface area contributed by atoms with E-state index in [0.29, 0.717) is 11.5 Å². The predicted molar refractivity (Wildman–Crippen MR) is 71.8 cm³/mol. The lowest BCUT2D eigenvalue weighted by molar-refractivity contribution is 0.157.